The molecule has 2 N–H and O–H groups in total. The lowest BCUT2D eigenvalue weighted by Crippen LogP contribution is -2.14. The van der Waals surface area contributed by atoms with E-state index < -0.39 is 0 Å². The van der Waals surface area contributed by atoms with Gasteiger partial charge in [0.2, 0.25) is 5.88 Å². The lowest BCUT2D eigenvalue weighted by atomic mass is 9.96. The van der Waals surface area contributed by atoms with E-state index >= 15 is 0 Å². The molecule has 6 heteroatoms. The van der Waals surface area contributed by atoms with Gasteiger partial charge in [0.1, 0.15) is 5.75 Å². The van der Waals surface area contributed by atoms with Crippen LogP contribution in [0, 0.1) is 20.8 Å². The van der Waals surface area contributed by atoms with Crippen molar-refractivity contribution in [2.24, 2.45) is 0 Å². The number of ether oxygens (including phenoxy) is 1. The van der Waals surface area contributed by atoms with E-state index in [0.29, 0.717) is 17.2 Å². The number of benzene rings is 1. The first kappa shape index (κ1) is 16.1. The molecule has 0 aliphatic carbocycles. The highest BCUT2D eigenvalue weighted by atomic mass is 16.5. The predicted molar refractivity (Wildman–Crippen MR) is 101 cm³/mol. The molecule has 0 saturated carbocycles. The van der Waals surface area contributed by atoms with Crippen molar-refractivity contribution in [2.45, 2.75) is 20.8 Å². The second-order valence-corrected chi connectivity index (χ2v) is 6.27. The highest BCUT2D eigenvalue weighted by Crippen LogP contribution is 2.32. The number of hydrogen-bond acceptors (Lipinski definition) is 4. The first-order valence-electron chi connectivity index (χ1n) is 8.31. The monoisotopic (exact) mass is 346 g/mol. The van der Waals surface area contributed by atoms with Gasteiger partial charge in [0.15, 0.2) is 0 Å². The third kappa shape index (κ3) is 2.65. The summed E-state index contributed by atoms with van der Waals surface area (Å²) < 4.78 is 5.99. The number of aryl methyl sites for hydroxylation is 2. The largest absolute Gasteiger partial charge is 0.438 e. The summed E-state index contributed by atoms with van der Waals surface area (Å²) in [5, 5.41) is 7.54. The summed E-state index contributed by atoms with van der Waals surface area (Å²) in [6.07, 6.45) is 3.57. The molecule has 0 saturated heterocycles. The minimum atomic E-state index is -0.173. The van der Waals surface area contributed by atoms with Gasteiger partial charge >= 0.3 is 0 Å². The zero-order valence-electron chi connectivity index (χ0n) is 14.8. The third-order valence-corrected chi connectivity index (χ3v) is 4.53. The molecule has 130 valence electrons. The van der Waals surface area contributed by atoms with Gasteiger partial charge in [-0.3, -0.25) is 4.79 Å². The van der Waals surface area contributed by atoms with Crippen molar-refractivity contribution in [3.63, 3.8) is 0 Å². The molecule has 26 heavy (non-hydrogen) atoms. The summed E-state index contributed by atoms with van der Waals surface area (Å²) in [5.74, 6) is 1.25. The maximum atomic E-state index is 11.9. The Morgan fingerprint density at radius 3 is 2.73 bits per heavy atom. The van der Waals surface area contributed by atoms with E-state index in [1.807, 2.05) is 57.3 Å². The topological polar surface area (TPSA) is 83.7 Å². The van der Waals surface area contributed by atoms with Crippen LogP contribution in [-0.2, 0) is 0 Å². The maximum Gasteiger partial charge on any atom is 0.267 e. The normalized spacial score (nSPS) is 11.0. The molecule has 0 unspecified atom stereocenters. The van der Waals surface area contributed by atoms with Crippen LogP contribution in [0.5, 0.6) is 11.6 Å². The minimum absolute atomic E-state index is 0.173. The number of H-pyrrole nitrogens is 2. The van der Waals surface area contributed by atoms with Crippen LogP contribution in [0.3, 0.4) is 0 Å². The van der Waals surface area contributed by atoms with E-state index in [4.69, 9.17) is 4.74 Å². The van der Waals surface area contributed by atoms with Crippen LogP contribution in [0.25, 0.3) is 22.0 Å². The average molecular weight is 346 g/mol. The number of aromatic amines is 2. The molecule has 0 atom stereocenters. The van der Waals surface area contributed by atoms with Crippen molar-refractivity contribution in [3.8, 4) is 22.8 Å². The summed E-state index contributed by atoms with van der Waals surface area (Å²) in [4.78, 5) is 19.4. The van der Waals surface area contributed by atoms with Crippen LogP contribution in [0.2, 0.25) is 0 Å². The van der Waals surface area contributed by atoms with E-state index in [1.165, 1.54) is 0 Å². The second-order valence-electron chi connectivity index (χ2n) is 6.27. The first-order chi connectivity index (χ1) is 12.5. The summed E-state index contributed by atoms with van der Waals surface area (Å²) in [6, 6.07) is 9.63. The van der Waals surface area contributed by atoms with Gasteiger partial charge in [0.25, 0.3) is 5.56 Å². The number of aromatic nitrogens is 4. The van der Waals surface area contributed by atoms with E-state index in [1.54, 1.807) is 6.20 Å². The Labute approximate surface area is 149 Å². The van der Waals surface area contributed by atoms with Crippen molar-refractivity contribution in [3.05, 3.63) is 69.9 Å². The zero-order chi connectivity index (χ0) is 18.3. The van der Waals surface area contributed by atoms with E-state index in [0.717, 1.165) is 33.3 Å². The fourth-order valence-corrected chi connectivity index (χ4v) is 3.19. The van der Waals surface area contributed by atoms with Crippen LogP contribution in [0.4, 0.5) is 0 Å². The van der Waals surface area contributed by atoms with Crippen LogP contribution in [0.1, 0.15) is 16.8 Å². The molecule has 0 aliphatic rings. The molecule has 0 amide bonds. The predicted octanol–water partition coefficient (Wildman–Crippen LogP) is 4.03. The molecule has 0 aliphatic heterocycles. The van der Waals surface area contributed by atoms with Gasteiger partial charge in [-0.2, -0.15) is 5.10 Å². The fraction of sp³-hybridized carbons (Fsp3) is 0.150. The Kier molecular flexibility index (Phi) is 3.80. The van der Waals surface area contributed by atoms with Crippen molar-refractivity contribution < 1.29 is 4.74 Å². The quantitative estimate of drug-likeness (QED) is 0.586. The van der Waals surface area contributed by atoms with Gasteiger partial charge < -0.3 is 9.72 Å². The zero-order valence-corrected chi connectivity index (χ0v) is 14.8. The Hall–Kier alpha value is -3.41. The maximum absolute atomic E-state index is 11.9. The lowest BCUT2D eigenvalue weighted by Gasteiger charge is -2.13. The first-order valence-corrected chi connectivity index (χ1v) is 8.31. The molecular weight excluding hydrogens is 328 g/mol. The molecule has 4 rings (SSSR count). The van der Waals surface area contributed by atoms with Crippen LogP contribution in [0.15, 0.2) is 47.5 Å². The highest BCUT2D eigenvalue weighted by Gasteiger charge is 2.14. The van der Waals surface area contributed by atoms with Crippen molar-refractivity contribution >= 4 is 10.9 Å². The number of hydrogen-bond donors (Lipinski definition) is 2. The fourth-order valence-electron chi connectivity index (χ4n) is 3.19. The third-order valence-electron chi connectivity index (χ3n) is 4.53. The second kappa shape index (κ2) is 6.15. The van der Waals surface area contributed by atoms with Crippen LogP contribution in [-0.4, -0.2) is 20.2 Å². The summed E-state index contributed by atoms with van der Waals surface area (Å²) in [6.45, 7) is 5.69. The molecule has 0 fully saturated rings. The van der Waals surface area contributed by atoms with Gasteiger partial charge in [-0.05, 0) is 56.2 Å². The van der Waals surface area contributed by atoms with Gasteiger partial charge in [-0.1, -0.05) is 6.07 Å². The molecule has 3 aromatic heterocycles. The molecule has 6 nitrogen and oxygen atoms in total. The average Bonchev–Trinajstić information content (AvgIpc) is 3.10. The molecule has 0 spiro atoms. The number of fused-ring (bicyclic) bond motifs is 1. The lowest BCUT2D eigenvalue weighted by molar-refractivity contribution is 0.469. The number of nitrogens with one attached hydrogen (secondary N) is 2. The van der Waals surface area contributed by atoms with Gasteiger partial charge in [-0.15, -0.1) is 0 Å². The Balaban J connectivity index is 1.75. The number of pyridine rings is 1. The summed E-state index contributed by atoms with van der Waals surface area (Å²) in [7, 11) is 0. The van der Waals surface area contributed by atoms with Crippen molar-refractivity contribution in [1.82, 2.24) is 20.2 Å². The Morgan fingerprint density at radius 2 is 1.92 bits per heavy atom. The smallest absolute Gasteiger partial charge is 0.267 e. The molecule has 4 aromatic rings. The van der Waals surface area contributed by atoms with Gasteiger partial charge in [0, 0.05) is 23.5 Å². The standard InChI is InChI=1S/C20H18N4O2/c1-11-10-14(26-20-16-6-8-21-17(16)7-9-22-20)4-5-15(11)18-12(2)19(25)24-23-13(18)3/h4-10,21H,1-3H3,(H,24,25). The molecule has 3 heterocycles. The molecular formula is C20H18N4O2. The van der Waals surface area contributed by atoms with Gasteiger partial charge in [-0.25, -0.2) is 10.1 Å². The molecule has 0 radical (unpaired) electrons. The summed E-state index contributed by atoms with van der Waals surface area (Å²) in [5.41, 5.74) is 5.09. The number of nitrogens with zero attached hydrogens (tertiary/aromatic N) is 2. The van der Waals surface area contributed by atoms with E-state index in [-0.39, 0.29) is 5.56 Å². The van der Waals surface area contributed by atoms with Crippen LogP contribution >= 0.6 is 0 Å². The van der Waals surface area contributed by atoms with E-state index in [2.05, 4.69) is 20.2 Å². The van der Waals surface area contributed by atoms with Crippen molar-refractivity contribution in [2.75, 3.05) is 0 Å². The van der Waals surface area contributed by atoms with Gasteiger partial charge in [0.05, 0.1) is 16.6 Å². The van der Waals surface area contributed by atoms with Crippen molar-refractivity contribution in [1.29, 1.82) is 0 Å². The number of rotatable bonds is 3. The van der Waals surface area contributed by atoms with Crippen LogP contribution < -0.4 is 10.3 Å². The highest BCUT2D eigenvalue weighted by molar-refractivity contribution is 5.84. The Bertz CT molecular complexity index is 1170. The molecule has 1 aromatic carbocycles. The van der Waals surface area contributed by atoms with E-state index in [9.17, 15) is 4.79 Å². The minimum Gasteiger partial charge on any atom is -0.438 e. The summed E-state index contributed by atoms with van der Waals surface area (Å²) >= 11 is 0. The Morgan fingerprint density at radius 1 is 1.08 bits per heavy atom. The SMILES string of the molecule is Cc1cc(Oc2nccc3[nH]ccc23)ccc1-c1c(C)n[nH]c(=O)c1C. The molecule has 0 bridgehead atoms.